The predicted molar refractivity (Wildman–Crippen MR) is 72.7 cm³/mol. The summed E-state index contributed by atoms with van der Waals surface area (Å²) in [7, 11) is 0. The van der Waals surface area contributed by atoms with Gasteiger partial charge in [-0.15, -0.1) is 0 Å². The van der Waals surface area contributed by atoms with Crippen LogP contribution in [-0.4, -0.2) is 12.4 Å². The van der Waals surface area contributed by atoms with Gasteiger partial charge in [-0.1, -0.05) is 24.6 Å². The smallest absolute Gasteiger partial charge is 0.153 e. The Kier molecular flexibility index (Phi) is 4.57. The molecule has 0 heterocycles. The molecule has 0 amide bonds. The quantitative estimate of drug-likeness (QED) is 0.758. The first-order valence-electron chi connectivity index (χ1n) is 6.89. The number of hydrogen-bond acceptors (Lipinski definition) is 3. The zero-order chi connectivity index (χ0) is 13.6. The first kappa shape index (κ1) is 13.6. The van der Waals surface area contributed by atoms with E-state index < -0.39 is 5.41 Å². The minimum atomic E-state index is -0.738. The third-order valence-corrected chi connectivity index (χ3v) is 3.76. The molecular formula is C16H19NO2. The van der Waals surface area contributed by atoms with Crippen molar-refractivity contribution in [1.29, 1.82) is 5.26 Å². The lowest BCUT2D eigenvalue weighted by molar-refractivity contribution is -0.128. The molecule has 19 heavy (non-hydrogen) atoms. The van der Waals surface area contributed by atoms with Gasteiger partial charge in [-0.05, 0) is 37.8 Å². The highest BCUT2D eigenvalue weighted by Crippen LogP contribution is 2.36. The molecule has 1 aromatic carbocycles. The molecule has 3 nitrogen and oxygen atoms in total. The number of carbonyl (C=O) groups excluding carboxylic acids is 1. The second-order valence-electron chi connectivity index (χ2n) is 5.09. The van der Waals surface area contributed by atoms with Crippen molar-refractivity contribution in [3.05, 3.63) is 30.3 Å². The first-order valence-corrected chi connectivity index (χ1v) is 6.89. The van der Waals surface area contributed by atoms with Gasteiger partial charge in [0.05, 0.1) is 12.7 Å². The van der Waals surface area contributed by atoms with Crippen LogP contribution in [0.5, 0.6) is 5.75 Å². The van der Waals surface area contributed by atoms with Crippen LogP contribution in [0, 0.1) is 16.7 Å². The van der Waals surface area contributed by atoms with Gasteiger partial charge in [0.25, 0.3) is 0 Å². The minimum absolute atomic E-state index is 0.126. The van der Waals surface area contributed by atoms with Crippen LogP contribution >= 0.6 is 0 Å². The van der Waals surface area contributed by atoms with Crippen LogP contribution < -0.4 is 4.74 Å². The van der Waals surface area contributed by atoms with Crippen molar-refractivity contribution in [1.82, 2.24) is 0 Å². The monoisotopic (exact) mass is 257 g/mol. The van der Waals surface area contributed by atoms with Crippen LogP contribution in [0.4, 0.5) is 0 Å². The van der Waals surface area contributed by atoms with Gasteiger partial charge in [-0.3, -0.25) is 4.79 Å². The van der Waals surface area contributed by atoms with Crippen molar-refractivity contribution >= 4 is 5.78 Å². The van der Waals surface area contributed by atoms with Crippen LogP contribution in [0.2, 0.25) is 0 Å². The number of ketones is 1. The molecule has 100 valence electrons. The molecule has 1 fully saturated rings. The van der Waals surface area contributed by atoms with Gasteiger partial charge < -0.3 is 4.74 Å². The summed E-state index contributed by atoms with van der Waals surface area (Å²) in [6.07, 6.45) is 4.56. The number of para-hydroxylation sites is 1. The molecule has 0 aromatic heterocycles. The van der Waals surface area contributed by atoms with Crippen molar-refractivity contribution in [3.8, 4) is 11.8 Å². The summed E-state index contributed by atoms with van der Waals surface area (Å²) in [5.74, 6) is 0.962. The van der Waals surface area contributed by atoms with Gasteiger partial charge in [0, 0.05) is 6.42 Å². The molecule has 0 saturated heterocycles. The molecule has 1 aliphatic rings. The number of carbonyl (C=O) groups is 1. The summed E-state index contributed by atoms with van der Waals surface area (Å²) in [6, 6.07) is 11.9. The Morgan fingerprint density at radius 2 is 2.05 bits per heavy atom. The van der Waals surface area contributed by atoms with E-state index in [1.54, 1.807) is 0 Å². The summed E-state index contributed by atoms with van der Waals surface area (Å²) in [4.78, 5) is 11.9. The molecule has 1 aliphatic carbocycles. The topological polar surface area (TPSA) is 50.1 Å². The van der Waals surface area contributed by atoms with Crippen LogP contribution in [-0.2, 0) is 4.79 Å². The highest BCUT2D eigenvalue weighted by molar-refractivity contribution is 5.88. The van der Waals surface area contributed by atoms with E-state index in [4.69, 9.17) is 4.74 Å². The number of nitrogens with zero attached hydrogens (tertiary/aromatic N) is 1. The van der Waals surface area contributed by atoms with Crippen molar-refractivity contribution < 1.29 is 9.53 Å². The zero-order valence-electron chi connectivity index (χ0n) is 11.1. The minimum Gasteiger partial charge on any atom is -0.494 e. The van der Waals surface area contributed by atoms with Gasteiger partial charge >= 0.3 is 0 Å². The van der Waals surface area contributed by atoms with E-state index in [1.165, 1.54) is 0 Å². The molecule has 3 heteroatoms. The Morgan fingerprint density at radius 3 is 2.74 bits per heavy atom. The van der Waals surface area contributed by atoms with E-state index in [9.17, 15) is 10.1 Å². The fourth-order valence-corrected chi connectivity index (χ4v) is 2.61. The fraction of sp³-hybridized carbons (Fsp3) is 0.500. The average Bonchev–Trinajstić information content (AvgIpc) is 2.47. The van der Waals surface area contributed by atoms with Crippen LogP contribution in [0.1, 0.15) is 38.5 Å². The molecule has 2 rings (SSSR count). The zero-order valence-corrected chi connectivity index (χ0v) is 11.1. The van der Waals surface area contributed by atoms with Gasteiger partial charge in [0.15, 0.2) is 5.78 Å². The van der Waals surface area contributed by atoms with E-state index in [1.807, 2.05) is 30.3 Å². The summed E-state index contributed by atoms with van der Waals surface area (Å²) < 4.78 is 5.60. The van der Waals surface area contributed by atoms with E-state index in [0.29, 0.717) is 25.9 Å². The summed E-state index contributed by atoms with van der Waals surface area (Å²) in [5.41, 5.74) is -0.738. The third-order valence-electron chi connectivity index (χ3n) is 3.76. The highest BCUT2D eigenvalue weighted by Gasteiger charge is 2.39. The maximum Gasteiger partial charge on any atom is 0.153 e. The highest BCUT2D eigenvalue weighted by atomic mass is 16.5. The maximum absolute atomic E-state index is 11.9. The molecular weight excluding hydrogens is 238 g/mol. The number of Topliss-reactive ketones (excluding diaryl/α,β-unsaturated/α-hetero) is 1. The molecule has 0 bridgehead atoms. The number of ether oxygens (including phenoxy) is 1. The Balaban J connectivity index is 1.81. The average molecular weight is 257 g/mol. The molecule has 0 aliphatic heterocycles. The summed E-state index contributed by atoms with van der Waals surface area (Å²) in [6.45, 7) is 0.556. The maximum atomic E-state index is 11.9. The molecule has 1 aromatic rings. The second-order valence-corrected chi connectivity index (χ2v) is 5.09. The van der Waals surface area contributed by atoms with Gasteiger partial charge in [0.2, 0.25) is 0 Å². The fourth-order valence-electron chi connectivity index (χ4n) is 2.61. The molecule has 0 N–H and O–H groups in total. The van der Waals surface area contributed by atoms with E-state index in [2.05, 4.69) is 6.07 Å². The van der Waals surface area contributed by atoms with Gasteiger partial charge in [-0.25, -0.2) is 0 Å². The van der Waals surface area contributed by atoms with E-state index in [0.717, 1.165) is 25.0 Å². The van der Waals surface area contributed by atoms with Crippen LogP contribution in [0.25, 0.3) is 0 Å². The standard InChI is InChI=1S/C16H19NO2/c17-13-16(10-5-4-9-15(16)18)11-6-12-19-14-7-2-1-3-8-14/h1-3,7-8H,4-6,9-12H2. The van der Waals surface area contributed by atoms with Crippen LogP contribution in [0.15, 0.2) is 30.3 Å². The third kappa shape index (κ3) is 3.35. The Morgan fingerprint density at radius 1 is 1.26 bits per heavy atom. The first-order chi connectivity index (χ1) is 9.27. The lowest BCUT2D eigenvalue weighted by atomic mass is 9.71. The number of rotatable bonds is 5. The number of nitriles is 1. The largest absolute Gasteiger partial charge is 0.494 e. The second kappa shape index (κ2) is 6.38. The van der Waals surface area contributed by atoms with Crippen molar-refractivity contribution in [2.24, 2.45) is 5.41 Å². The predicted octanol–water partition coefficient (Wildman–Crippen LogP) is 3.50. The normalized spacial score (nSPS) is 22.8. The Bertz CT molecular complexity index is 463. The summed E-state index contributed by atoms with van der Waals surface area (Å²) in [5, 5.41) is 9.32. The van der Waals surface area contributed by atoms with E-state index in [-0.39, 0.29) is 5.78 Å². The number of benzene rings is 1. The van der Waals surface area contributed by atoms with Gasteiger partial charge in [-0.2, -0.15) is 5.26 Å². The van der Waals surface area contributed by atoms with Crippen molar-refractivity contribution in [2.45, 2.75) is 38.5 Å². The summed E-state index contributed by atoms with van der Waals surface area (Å²) >= 11 is 0. The van der Waals surface area contributed by atoms with E-state index >= 15 is 0 Å². The van der Waals surface area contributed by atoms with Gasteiger partial charge in [0.1, 0.15) is 11.2 Å². The molecule has 1 unspecified atom stereocenters. The molecule has 1 saturated carbocycles. The lowest BCUT2D eigenvalue weighted by Gasteiger charge is -2.28. The SMILES string of the molecule is N#CC1(CCCOc2ccccc2)CCCCC1=O. The molecule has 0 radical (unpaired) electrons. The van der Waals surface area contributed by atoms with Crippen molar-refractivity contribution in [3.63, 3.8) is 0 Å². The molecule has 0 spiro atoms. The Labute approximate surface area is 114 Å². The van der Waals surface area contributed by atoms with Crippen molar-refractivity contribution in [2.75, 3.05) is 6.61 Å². The number of hydrogen-bond donors (Lipinski definition) is 0. The lowest BCUT2D eigenvalue weighted by Crippen LogP contribution is -2.33. The Hall–Kier alpha value is -1.82. The van der Waals surface area contributed by atoms with Crippen LogP contribution in [0.3, 0.4) is 0 Å². The molecule has 1 atom stereocenters.